The first-order valence-electron chi connectivity index (χ1n) is 5.89. The second kappa shape index (κ2) is 6.21. The molecule has 0 saturated carbocycles. The Morgan fingerprint density at radius 3 is 2.74 bits per heavy atom. The van der Waals surface area contributed by atoms with Crippen LogP contribution in [-0.2, 0) is 11.3 Å². The molecule has 2 rings (SSSR count). The number of thiophene rings is 1. The zero-order chi connectivity index (χ0) is 13.8. The van der Waals surface area contributed by atoms with E-state index in [1.807, 2.05) is 25.1 Å². The Labute approximate surface area is 125 Å². The molecule has 1 aromatic carbocycles. The van der Waals surface area contributed by atoms with E-state index in [1.54, 1.807) is 11.3 Å². The van der Waals surface area contributed by atoms with Crippen molar-refractivity contribution in [3.05, 3.63) is 44.6 Å². The topological polar surface area (TPSA) is 41.1 Å². The van der Waals surface area contributed by atoms with Crippen LogP contribution in [0, 0.1) is 6.92 Å². The van der Waals surface area contributed by atoms with Gasteiger partial charge in [-0.3, -0.25) is 4.79 Å². The van der Waals surface area contributed by atoms with Gasteiger partial charge in [-0.05, 0) is 63.6 Å². The van der Waals surface area contributed by atoms with Gasteiger partial charge in [0.1, 0.15) is 0 Å². The van der Waals surface area contributed by atoms with Crippen LogP contribution in [0.25, 0.3) is 0 Å². The van der Waals surface area contributed by atoms with Crippen molar-refractivity contribution < 1.29 is 4.79 Å². The number of amides is 1. The molecule has 0 aliphatic heterocycles. The van der Waals surface area contributed by atoms with Crippen LogP contribution in [0.15, 0.2) is 33.4 Å². The van der Waals surface area contributed by atoms with E-state index in [0.717, 1.165) is 27.3 Å². The first-order valence-corrected chi connectivity index (χ1v) is 7.57. The molecule has 0 radical (unpaired) electrons. The lowest BCUT2D eigenvalue weighted by atomic mass is 10.1. The maximum Gasteiger partial charge on any atom is 0.221 e. The normalized spacial score (nSPS) is 10.3. The number of carbonyl (C=O) groups is 1. The number of hydrogen-bond acceptors (Lipinski definition) is 3. The lowest BCUT2D eigenvalue weighted by molar-refractivity contribution is -0.114. The van der Waals surface area contributed by atoms with E-state index < -0.39 is 0 Å². The third-order valence-electron chi connectivity index (χ3n) is 2.66. The van der Waals surface area contributed by atoms with Crippen LogP contribution >= 0.6 is 27.3 Å². The Balaban J connectivity index is 2.01. The molecule has 0 bridgehead atoms. The highest BCUT2D eigenvalue weighted by atomic mass is 79.9. The van der Waals surface area contributed by atoms with E-state index in [2.05, 4.69) is 38.0 Å². The standard InChI is InChI=1S/C14H15BrN2OS/c1-9-5-12(3-4-13(9)17-10(2)18)16-7-11-6-14(15)19-8-11/h3-6,8,16H,7H2,1-2H3,(H,17,18). The first-order chi connectivity index (χ1) is 9.04. The van der Waals surface area contributed by atoms with Crippen molar-refractivity contribution in [2.24, 2.45) is 0 Å². The molecule has 5 heteroatoms. The van der Waals surface area contributed by atoms with Crippen molar-refractivity contribution in [3.63, 3.8) is 0 Å². The largest absolute Gasteiger partial charge is 0.381 e. The van der Waals surface area contributed by atoms with Gasteiger partial charge in [0, 0.05) is 24.8 Å². The third kappa shape index (κ3) is 4.08. The molecule has 0 saturated heterocycles. The number of halogens is 1. The fraction of sp³-hybridized carbons (Fsp3) is 0.214. The molecule has 3 nitrogen and oxygen atoms in total. The van der Waals surface area contributed by atoms with Gasteiger partial charge in [0.25, 0.3) is 0 Å². The summed E-state index contributed by atoms with van der Waals surface area (Å²) >= 11 is 5.13. The van der Waals surface area contributed by atoms with E-state index in [0.29, 0.717) is 0 Å². The highest BCUT2D eigenvalue weighted by molar-refractivity contribution is 9.11. The molecule has 0 aliphatic carbocycles. The predicted octanol–water partition coefficient (Wildman–Crippen LogP) is 4.39. The molecule has 1 heterocycles. The van der Waals surface area contributed by atoms with Crippen LogP contribution in [0.3, 0.4) is 0 Å². The molecule has 19 heavy (non-hydrogen) atoms. The van der Waals surface area contributed by atoms with Gasteiger partial charge in [-0.1, -0.05) is 0 Å². The maximum atomic E-state index is 11.0. The van der Waals surface area contributed by atoms with Crippen molar-refractivity contribution in [1.82, 2.24) is 0 Å². The van der Waals surface area contributed by atoms with Gasteiger partial charge in [-0.25, -0.2) is 0 Å². The lowest BCUT2D eigenvalue weighted by Gasteiger charge is -2.10. The Bertz CT molecular complexity index is 595. The average molecular weight is 339 g/mol. The molecular weight excluding hydrogens is 324 g/mol. The van der Waals surface area contributed by atoms with Crippen molar-refractivity contribution in [3.8, 4) is 0 Å². The van der Waals surface area contributed by atoms with E-state index >= 15 is 0 Å². The Morgan fingerprint density at radius 2 is 2.16 bits per heavy atom. The molecule has 0 unspecified atom stereocenters. The summed E-state index contributed by atoms with van der Waals surface area (Å²) in [5, 5.41) is 8.30. The number of nitrogens with one attached hydrogen (secondary N) is 2. The SMILES string of the molecule is CC(=O)Nc1ccc(NCc2csc(Br)c2)cc1C. The zero-order valence-electron chi connectivity index (χ0n) is 10.8. The summed E-state index contributed by atoms with van der Waals surface area (Å²) in [6.45, 7) is 4.29. The summed E-state index contributed by atoms with van der Waals surface area (Å²) < 4.78 is 1.14. The van der Waals surface area contributed by atoms with Crippen LogP contribution in [0.1, 0.15) is 18.1 Å². The Kier molecular flexibility index (Phi) is 4.61. The number of carbonyl (C=O) groups excluding carboxylic acids is 1. The minimum absolute atomic E-state index is 0.0491. The zero-order valence-corrected chi connectivity index (χ0v) is 13.2. The Morgan fingerprint density at radius 1 is 1.37 bits per heavy atom. The van der Waals surface area contributed by atoms with E-state index in [9.17, 15) is 4.79 Å². The van der Waals surface area contributed by atoms with Gasteiger partial charge >= 0.3 is 0 Å². The fourth-order valence-electron chi connectivity index (χ4n) is 1.75. The van der Waals surface area contributed by atoms with Gasteiger partial charge < -0.3 is 10.6 Å². The average Bonchev–Trinajstić information content (AvgIpc) is 2.75. The minimum Gasteiger partial charge on any atom is -0.381 e. The summed E-state index contributed by atoms with van der Waals surface area (Å²) in [5.74, 6) is -0.0491. The highest BCUT2D eigenvalue weighted by Gasteiger charge is 2.02. The summed E-state index contributed by atoms with van der Waals surface area (Å²) in [6, 6.07) is 8.03. The molecule has 0 aliphatic rings. The van der Waals surface area contributed by atoms with Crippen molar-refractivity contribution in [2.45, 2.75) is 20.4 Å². The summed E-state index contributed by atoms with van der Waals surface area (Å²) in [6.07, 6.45) is 0. The van der Waals surface area contributed by atoms with Gasteiger partial charge in [0.15, 0.2) is 0 Å². The molecule has 100 valence electrons. The van der Waals surface area contributed by atoms with Gasteiger partial charge in [-0.2, -0.15) is 0 Å². The van der Waals surface area contributed by atoms with Crippen molar-refractivity contribution in [2.75, 3.05) is 10.6 Å². The Hall–Kier alpha value is -1.33. The van der Waals surface area contributed by atoms with E-state index in [1.165, 1.54) is 12.5 Å². The smallest absolute Gasteiger partial charge is 0.221 e. The molecular formula is C14H15BrN2OS. The number of anilines is 2. The van der Waals surface area contributed by atoms with Crippen molar-refractivity contribution >= 4 is 44.5 Å². The van der Waals surface area contributed by atoms with Gasteiger partial charge in [-0.15, -0.1) is 11.3 Å². The van der Waals surface area contributed by atoms with Crippen LogP contribution in [-0.4, -0.2) is 5.91 Å². The summed E-state index contributed by atoms with van der Waals surface area (Å²) in [7, 11) is 0. The van der Waals surface area contributed by atoms with Crippen LogP contribution in [0.5, 0.6) is 0 Å². The predicted molar refractivity (Wildman–Crippen MR) is 84.8 cm³/mol. The summed E-state index contributed by atoms with van der Waals surface area (Å²) in [4.78, 5) is 11.0. The minimum atomic E-state index is -0.0491. The molecule has 1 amide bonds. The quantitative estimate of drug-likeness (QED) is 0.867. The van der Waals surface area contributed by atoms with Gasteiger partial charge in [0.2, 0.25) is 5.91 Å². The van der Waals surface area contributed by atoms with Crippen molar-refractivity contribution in [1.29, 1.82) is 0 Å². The fourth-order valence-corrected chi connectivity index (χ4v) is 2.96. The number of hydrogen-bond donors (Lipinski definition) is 2. The second-order valence-corrected chi connectivity index (χ2v) is 6.61. The van der Waals surface area contributed by atoms with Crippen LogP contribution < -0.4 is 10.6 Å². The lowest BCUT2D eigenvalue weighted by Crippen LogP contribution is -2.07. The van der Waals surface area contributed by atoms with Crippen LogP contribution in [0.4, 0.5) is 11.4 Å². The number of rotatable bonds is 4. The molecule has 2 N–H and O–H groups in total. The highest BCUT2D eigenvalue weighted by Crippen LogP contribution is 2.23. The molecule has 1 aromatic heterocycles. The second-order valence-electron chi connectivity index (χ2n) is 4.32. The monoisotopic (exact) mass is 338 g/mol. The molecule has 0 spiro atoms. The van der Waals surface area contributed by atoms with E-state index in [4.69, 9.17) is 0 Å². The molecule has 2 aromatic rings. The first kappa shape index (κ1) is 14.1. The van der Waals surface area contributed by atoms with Gasteiger partial charge in [0.05, 0.1) is 3.79 Å². The molecule has 0 atom stereocenters. The van der Waals surface area contributed by atoms with E-state index in [-0.39, 0.29) is 5.91 Å². The number of aryl methyl sites for hydroxylation is 1. The number of benzene rings is 1. The molecule has 0 fully saturated rings. The summed E-state index contributed by atoms with van der Waals surface area (Å²) in [5.41, 5.74) is 4.21. The third-order valence-corrected chi connectivity index (χ3v) is 4.21. The van der Waals surface area contributed by atoms with Crippen LogP contribution in [0.2, 0.25) is 0 Å². The maximum absolute atomic E-state index is 11.0.